The van der Waals surface area contributed by atoms with Crippen molar-refractivity contribution in [3.05, 3.63) is 212 Å². The average molecular weight is 690 g/mol. The van der Waals surface area contributed by atoms with Gasteiger partial charge >= 0.3 is 0 Å². The molecule has 0 aliphatic carbocycles. The molecule has 0 aliphatic heterocycles. The molecule has 0 N–H and O–H groups in total. The number of fused-ring (bicyclic) bond motifs is 4. The van der Waals surface area contributed by atoms with Crippen molar-refractivity contribution in [2.75, 3.05) is 4.90 Å². The highest BCUT2D eigenvalue weighted by molar-refractivity contribution is 6.13. The minimum absolute atomic E-state index is 0.915. The van der Waals surface area contributed by atoms with Gasteiger partial charge in [0.25, 0.3) is 0 Å². The van der Waals surface area contributed by atoms with Gasteiger partial charge < -0.3 is 9.32 Å². The smallest absolute Gasteiger partial charge is 0.143 e. The summed E-state index contributed by atoms with van der Waals surface area (Å²) in [5.41, 5.74) is 14.4. The number of benzene rings is 9. The van der Waals surface area contributed by atoms with Crippen molar-refractivity contribution < 1.29 is 4.42 Å². The van der Waals surface area contributed by atoms with Crippen LogP contribution in [0.3, 0.4) is 0 Å². The number of hydrogen-bond acceptors (Lipinski definition) is 2. The topological polar surface area (TPSA) is 16.4 Å². The molecule has 0 bridgehead atoms. The van der Waals surface area contributed by atoms with Gasteiger partial charge in [0.2, 0.25) is 0 Å². The summed E-state index contributed by atoms with van der Waals surface area (Å²) in [4.78, 5) is 2.36. The predicted molar refractivity (Wildman–Crippen MR) is 228 cm³/mol. The number of furan rings is 1. The lowest BCUT2D eigenvalue weighted by Crippen LogP contribution is -2.10. The molecule has 1 heterocycles. The molecule has 0 amide bonds. The van der Waals surface area contributed by atoms with Gasteiger partial charge in [-0.1, -0.05) is 182 Å². The molecule has 0 fully saturated rings. The molecule has 254 valence electrons. The largest absolute Gasteiger partial charge is 0.455 e. The second kappa shape index (κ2) is 13.4. The molecule has 0 saturated carbocycles. The lowest BCUT2D eigenvalue weighted by molar-refractivity contribution is 0.671. The van der Waals surface area contributed by atoms with Crippen LogP contribution in [0.15, 0.2) is 217 Å². The highest BCUT2D eigenvalue weighted by Gasteiger charge is 2.17. The number of rotatable bonds is 7. The van der Waals surface area contributed by atoms with Gasteiger partial charge in [-0.05, 0) is 69.1 Å². The van der Waals surface area contributed by atoms with Crippen molar-refractivity contribution in [2.45, 2.75) is 0 Å². The summed E-state index contributed by atoms with van der Waals surface area (Å²) in [6.45, 7) is 0. The standard InChI is InChI=1S/C52H35NO/c1-3-12-36(13-4-1)38-28-32-43(33-29-38)53(50-23-9-17-40-16-7-8-18-45(40)50)44-34-30-39(31-35-44)37-24-26-42(27-25-37)47-20-11-22-49-48-21-10-19-46(51(48)54-52(47)49)41-14-5-2-6-15-41/h1-35H. The summed E-state index contributed by atoms with van der Waals surface area (Å²) in [6, 6.07) is 75.7. The third-order valence-corrected chi connectivity index (χ3v) is 10.5. The molecule has 0 saturated heterocycles. The minimum atomic E-state index is 0.915. The maximum Gasteiger partial charge on any atom is 0.143 e. The monoisotopic (exact) mass is 689 g/mol. The first-order valence-corrected chi connectivity index (χ1v) is 18.4. The fraction of sp³-hybridized carbons (Fsp3) is 0. The van der Waals surface area contributed by atoms with E-state index < -0.39 is 0 Å². The van der Waals surface area contributed by atoms with Crippen LogP contribution in [0.5, 0.6) is 0 Å². The fourth-order valence-corrected chi connectivity index (χ4v) is 7.80. The van der Waals surface area contributed by atoms with Crippen LogP contribution in [-0.2, 0) is 0 Å². The van der Waals surface area contributed by atoms with E-state index in [-0.39, 0.29) is 0 Å². The zero-order valence-electron chi connectivity index (χ0n) is 29.6. The summed E-state index contributed by atoms with van der Waals surface area (Å²) in [6.07, 6.45) is 0. The lowest BCUT2D eigenvalue weighted by Gasteiger charge is -2.27. The molecule has 10 rings (SSSR count). The molecule has 0 aliphatic rings. The number of para-hydroxylation sites is 2. The van der Waals surface area contributed by atoms with E-state index in [9.17, 15) is 0 Å². The molecule has 0 atom stereocenters. The zero-order chi connectivity index (χ0) is 35.8. The maximum absolute atomic E-state index is 6.70. The second-order valence-electron chi connectivity index (χ2n) is 13.7. The Morgan fingerprint density at radius 3 is 1.24 bits per heavy atom. The van der Waals surface area contributed by atoms with Gasteiger partial charge in [-0.3, -0.25) is 0 Å². The Morgan fingerprint density at radius 1 is 0.278 bits per heavy atom. The number of anilines is 3. The van der Waals surface area contributed by atoms with Crippen LogP contribution in [0.4, 0.5) is 17.1 Å². The predicted octanol–water partition coefficient (Wildman–Crippen LogP) is 14.9. The van der Waals surface area contributed by atoms with E-state index >= 15 is 0 Å². The summed E-state index contributed by atoms with van der Waals surface area (Å²) in [5, 5.41) is 4.69. The SMILES string of the molecule is c1ccc(-c2ccc(N(c3ccc(-c4ccc(-c5cccc6c5oc5c(-c7ccccc7)cccc56)cc4)cc3)c3cccc4ccccc34)cc2)cc1. The average Bonchev–Trinajstić information content (AvgIpc) is 3.64. The summed E-state index contributed by atoms with van der Waals surface area (Å²) in [5.74, 6) is 0. The third-order valence-electron chi connectivity index (χ3n) is 10.5. The van der Waals surface area contributed by atoms with E-state index in [2.05, 4.69) is 211 Å². The highest BCUT2D eigenvalue weighted by atomic mass is 16.3. The third kappa shape index (κ3) is 5.62. The Kier molecular flexibility index (Phi) is 7.85. The Morgan fingerprint density at radius 2 is 0.667 bits per heavy atom. The Hall–Kier alpha value is -7.16. The van der Waals surface area contributed by atoms with Gasteiger partial charge in [0.05, 0.1) is 5.69 Å². The van der Waals surface area contributed by atoms with E-state index in [1.54, 1.807) is 0 Å². The van der Waals surface area contributed by atoms with Crippen molar-refractivity contribution >= 4 is 49.8 Å². The maximum atomic E-state index is 6.70. The van der Waals surface area contributed by atoms with Crippen LogP contribution in [0.2, 0.25) is 0 Å². The fourth-order valence-electron chi connectivity index (χ4n) is 7.80. The molecule has 2 nitrogen and oxygen atoms in total. The molecule has 1 aromatic heterocycles. The van der Waals surface area contributed by atoms with Crippen LogP contribution >= 0.6 is 0 Å². The van der Waals surface area contributed by atoms with Gasteiger partial charge in [0.15, 0.2) is 0 Å². The van der Waals surface area contributed by atoms with E-state index in [0.717, 1.165) is 72.4 Å². The molecule has 2 heteroatoms. The summed E-state index contributed by atoms with van der Waals surface area (Å²) >= 11 is 0. The van der Waals surface area contributed by atoms with Crippen molar-refractivity contribution in [1.82, 2.24) is 0 Å². The lowest BCUT2D eigenvalue weighted by atomic mass is 9.98. The first kappa shape index (κ1) is 31.6. The van der Waals surface area contributed by atoms with Crippen LogP contribution in [0, 0.1) is 0 Å². The van der Waals surface area contributed by atoms with Crippen molar-refractivity contribution in [2.24, 2.45) is 0 Å². The molecular formula is C52H35NO. The minimum Gasteiger partial charge on any atom is -0.455 e. The van der Waals surface area contributed by atoms with Gasteiger partial charge in [-0.25, -0.2) is 0 Å². The molecular weight excluding hydrogens is 655 g/mol. The molecule has 10 aromatic rings. The molecule has 0 radical (unpaired) electrons. The first-order chi connectivity index (χ1) is 26.8. The molecule has 54 heavy (non-hydrogen) atoms. The highest BCUT2D eigenvalue weighted by Crippen LogP contribution is 2.42. The molecule has 0 unspecified atom stereocenters. The quantitative estimate of drug-likeness (QED) is 0.166. The Bertz CT molecular complexity index is 2880. The van der Waals surface area contributed by atoms with Crippen LogP contribution in [0.25, 0.3) is 77.2 Å². The Balaban J connectivity index is 0.995. The van der Waals surface area contributed by atoms with E-state index in [1.165, 1.54) is 21.9 Å². The van der Waals surface area contributed by atoms with E-state index in [1.807, 2.05) is 6.07 Å². The number of hydrogen-bond donors (Lipinski definition) is 0. The summed E-state index contributed by atoms with van der Waals surface area (Å²) in [7, 11) is 0. The normalized spacial score (nSPS) is 11.3. The van der Waals surface area contributed by atoms with Crippen molar-refractivity contribution in [3.63, 3.8) is 0 Å². The van der Waals surface area contributed by atoms with Gasteiger partial charge in [-0.2, -0.15) is 0 Å². The molecule has 0 spiro atoms. The van der Waals surface area contributed by atoms with E-state index in [4.69, 9.17) is 4.42 Å². The van der Waals surface area contributed by atoms with Crippen LogP contribution in [0.1, 0.15) is 0 Å². The van der Waals surface area contributed by atoms with Crippen molar-refractivity contribution in [3.8, 4) is 44.5 Å². The second-order valence-corrected chi connectivity index (χ2v) is 13.7. The van der Waals surface area contributed by atoms with Crippen LogP contribution < -0.4 is 4.90 Å². The van der Waals surface area contributed by atoms with Crippen molar-refractivity contribution in [1.29, 1.82) is 0 Å². The molecule has 9 aromatic carbocycles. The van der Waals surface area contributed by atoms with Gasteiger partial charge in [-0.15, -0.1) is 0 Å². The van der Waals surface area contributed by atoms with Crippen LogP contribution in [-0.4, -0.2) is 0 Å². The van der Waals surface area contributed by atoms with Gasteiger partial charge in [0, 0.05) is 38.7 Å². The Labute approximate surface area is 314 Å². The number of nitrogens with zero attached hydrogens (tertiary/aromatic N) is 1. The van der Waals surface area contributed by atoms with E-state index in [0.29, 0.717) is 0 Å². The van der Waals surface area contributed by atoms with Gasteiger partial charge in [0.1, 0.15) is 11.2 Å². The zero-order valence-corrected chi connectivity index (χ0v) is 29.6. The first-order valence-electron chi connectivity index (χ1n) is 18.4. The summed E-state index contributed by atoms with van der Waals surface area (Å²) < 4.78 is 6.70.